The highest BCUT2D eigenvalue weighted by atomic mass is 15.1. The highest BCUT2D eigenvalue weighted by Crippen LogP contribution is 2.29. The molecule has 23 heavy (non-hydrogen) atoms. The molecule has 0 heterocycles. The molecule has 0 amide bonds. The van der Waals surface area contributed by atoms with Crippen LogP contribution >= 0.6 is 0 Å². The normalized spacial score (nSPS) is 12.3. The predicted octanol–water partition coefficient (Wildman–Crippen LogP) is 5.22. The lowest BCUT2D eigenvalue weighted by Crippen LogP contribution is -2.25. The van der Waals surface area contributed by atoms with Crippen LogP contribution in [0.2, 0.25) is 0 Å². The quantitative estimate of drug-likeness (QED) is 0.625. The van der Waals surface area contributed by atoms with Crippen molar-refractivity contribution < 1.29 is 0 Å². The van der Waals surface area contributed by atoms with Gasteiger partial charge < -0.3 is 0 Å². The first kappa shape index (κ1) is 15.5. The zero-order chi connectivity index (χ0) is 16.1. The molecular weight excluding hydrogens is 278 g/mol. The first-order valence-corrected chi connectivity index (χ1v) is 8.10. The van der Waals surface area contributed by atoms with Gasteiger partial charge in [-0.05, 0) is 30.7 Å². The van der Waals surface area contributed by atoms with Crippen LogP contribution in [0, 0.1) is 6.92 Å². The summed E-state index contributed by atoms with van der Waals surface area (Å²) < 4.78 is 0. The molecule has 1 atom stereocenters. The summed E-state index contributed by atoms with van der Waals surface area (Å²) in [6.45, 7) is 3.08. The van der Waals surface area contributed by atoms with Crippen LogP contribution in [0.25, 0.3) is 0 Å². The van der Waals surface area contributed by atoms with Gasteiger partial charge in [0.2, 0.25) is 0 Å². The first-order valence-electron chi connectivity index (χ1n) is 8.10. The molecule has 0 aliphatic heterocycles. The number of hydrogen-bond acceptors (Lipinski definition) is 1. The number of nitrogens with zero attached hydrogens (tertiary/aromatic N) is 1. The van der Waals surface area contributed by atoms with Gasteiger partial charge in [0.1, 0.15) is 0 Å². The SMILES string of the molecule is Cc1cccc(C(c2ccccc2)N(C)Cc2ccccc2)c1. The Labute approximate surface area is 139 Å². The second-order valence-electron chi connectivity index (χ2n) is 6.13. The molecule has 3 aromatic rings. The third-order valence-electron chi connectivity index (χ3n) is 4.19. The third kappa shape index (κ3) is 3.88. The maximum atomic E-state index is 2.42. The minimum atomic E-state index is 0.260. The van der Waals surface area contributed by atoms with Crippen LogP contribution in [0.3, 0.4) is 0 Å². The molecule has 0 saturated carbocycles. The molecule has 0 saturated heterocycles. The Morgan fingerprint density at radius 3 is 2.00 bits per heavy atom. The first-order chi connectivity index (χ1) is 11.2. The fourth-order valence-corrected chi connectivity index (χ4v) is 3.14. The average molecular weight is 301 g/mol. The lowest BCUT2D eigenvalue weighted by molar-refractivity contribution is 0.270. The molecule has 0 aromatic heterocycles. The van der Waals surface area contributed by atoms with Crippen LogP contribution in [-0.2, 0) is 6.54 Å². The van der Waals surface area contributed by atoms with Gasteiger partial charge in [-0.15, -0.1) is 0 Å². The summed E-state index contributed by atoms with van der Waals surface area (Å²) in [5.41, 5.74) is 5.31. The molecule has 0 spiro atoms. The second-order valence-corrected chi connectivity index (χ2v) is 6.13. The number of rotatable bonds is 5. The van der Waals surface area contributed by atoms with Crippen LogP contribution in [0.15, 0.2) is 84.9 Å². The van der Waals surface area contributed by atoms with Crippen molar-refractivity contribution >= 4 is 0 Å². The second kappa shape index (κ2) is 7.26. The minimum Gasteiger partial charge on any atom is -0.291 e. The maximum absolute atomic E-state index is 2.42. The molecule has 0 radical (unpaired) electrons. The summed E-state index contributed by atoms with van der Waals surface area (Å²) >= 11 is 0. The van der Waals surface area contributed by atoms with Gasteiger partial charge in [-0.25, -0.2) is 0 Å². The molecule has 0 N–H and O–H groups in total. The summed E-state index contributed by atoms with van der Waals surface area (Å²) in [5, 5.41) is 0. The molecule has 0 bridgehead atoms. The highest BCUT2D eigenvalue weighted by Gasteiger charge is 2.19. The van der Waals surface area contributed by atoms with Crippen molar-refractivity contribution in [3.63, 3.8) is 0 Å². The fourth-order valence-electron chi connectivity index (χ4n) is 3.14. The van der Waals surface area contributed by atoms with Crippen LogP contribution in [0.5, 0.6) is 0 Å². The standard InChI is InChI=1S/C22H23N/c1-18-10-9-15-21(16-18)22(20-13-7-4-8-14-20)23(2)17-19-11-5-3-6-12-19/h3-16,22H,17H2,1-2H3. The lowest BCUT2D eigenvalue weighted by Gasteiger charge is -2.29. The van der Waals surface area contributed by atoms with Crippen LogP contribution in [0.1, 0.15) is 28.3 Å². The summed E-state index contributed by atoms with van der Waals surface area (Å²) in [4.78, 5) is 2.42. The predicted molar refractivity (Wildman–Crippen MR) is 97.4 cm³/mol. The highest BCUT2D eigenvalue weighted by molar-refractivity contribution is 5.34. The van der Waals surface area contributed by atoms with Gasteiger partial charge in [0.05, 0.1) is 6.04 Å². The van der Waals surface area contributed by atoms with Gasteiger partial charge in [-0.1, -0.05) is 90.5 Å². The van der Waals surface area contributed by atoms with Gasteiger partial charge in [0, 0.05) is 6.54 Å². The third-order valence-corrected chi connectivity index (χ3v) is 4.19. The van der Waals surface area contributed by atoms with Crippen LogP contribution < -0.4 is 0 Å². The molecule has 0 aliphatic rings. The van der Waals surface area contributed by atoms with Crippen molar-refractivity contribution in [2.45, 2.75) is 19.5 Å². The van der Waals surface area contributed by atoms with Crippen molar-refractivity contribution in [2.24, 2.45) is 0 Å². The summed E-state index contributed by atoms with van der Waals surface area (Å²) in [5.74, 6) is 0. The van der Waals surface area contributed by atoms with E-state index < -0.39 is 0 Å². The van der Waals surface area contributed by atoms with E-state index in [4.69, 9.17) is 0 Å². The van der Waals surface area contributed by atoms with Crippen molar-refractivity contribution in [1.29, 1.82) is 0 Å². The topological polar surface area (TPSA) is 3.24 Å². The van der Waals surface area contributed by atoms with E-state index in [0.717, 1.165) is 6.54 Å². The molecule has 1 nitrogen and oxygen atoms in total. The molecule has 116 valence electrons. The Kier molecular flexibility index (Phi) is 4.89. The number of aryl methyl sites for hydroxylation is 1. The van der Waals surface area contributed by atoms with Crippen molar-refractivity contribution in [3.8, 4) is 0 Å². The Balaban J connectivity index is 1.95. The Bertz CT molecular complexity index is 734. The summed E-state index contributed by atoms with van der Waals surface area (Å²) in [6.07, 6.45) is 0. The van der Waals surface area contributed by atoms with E-state index in [-0.39, 0.29) is 6.04 Å². The summed E-state index contributed by atoms with van der Waals surface area (Å²) in [6, 6.07) is 30.5. The summed E-state index contributed by atoms with van der Waals surface area (Å²) in [7, 11) is 2.20. The van der Waals surface area contributed by atoms with Gasteiger partial charge >= 0.3 is 0 Å². The fraction of sp³-hybridized carbons (Fsp3) is 0.182. The molecule has 0 aliphatic carbocycles. The largest absolute Gasteiger partial charge is 0.291 e. The maximum Gasteiger partial charge on any atom is 0.0602 e. The van der Waals surface area contributed by atoms with E-state index in [1.54, 1.807) is 0 Å². The number of benzene rings is 3. The number of hydrogen-bond donors (Lipinski definition) is 0. The molecule has 1 heteroatoms. The van der Waals surface area contributed by atoms with E-state index in [9.17, 15) is 0 Å². The smallest absolute Gasteiger partial charge is 0.0602 e. The molecular formula is C22H23N. The van der Waals surface area contributed by atoms with E-state index in [0.29, 0.717) is 0 Å². The van der Waals surface area contributed by atoms with Gasteiger partial charge in [-0.2, -0.15) is 0 Å². The Hall–Kier alpha value is -2.38. The zero-order valence-corrected chi connectivity index (χ0v) is 13.8. The monoisotopic (exact) mass is 301 g/mol. The van der Waals surface area contributed by atoms with E-state index in [1.165, 1.54) is 22.3 Å². The average Bonchev–Trinajstić information content (AvgIpc) is 2.57. The molecule has 1 unspecified atom stereocenters. The van der Waals surface area contributed by atoms with Crippen LogP contribution in [0.4, 0.5) is 0 Å². The van der Waals surface area contributed by atoms with E-state index >= 15 is 0 Å². The lowest BCUT2D eigenvalue weighted by atomic mass is 9.96. The van der Waals surface area contributed by atoms with E-state index in [2.05, 4.69) is 104 Å². The molecule has 3 aromatic carbocycles. The van der Waals surface area contributed by atoms with Crippen molar-refractivity contribution in [1.82, 2.24) is 4.90 Å². The van der Waals surface area contributed by atoms with Gasteiger partial charge in [-0.3, -0.25) is 4.90 Å². The minimum absolute atomic E-state index is 0.260. The Morgan fingerprint density at radius 1 is 0.739 bits per heavy atom. The van der Waals surface area contributed by atoms with Gasteiger partial charge in [0.15, 0.2) is 0 Å². The van der Waals surface area contributed by atoms with Crippen molar-refractivity contribution in [3.05, 3.63) is 107 Å². The van der Waals surface area contributed by atoms with Crippen molar-refractivity contribution in [2.75, 3.05) is 7.05 Å². The van der Waals surface area contributed by atoms with E-state index in [1.807, 2.05) is 0 Å². The molecule has 0 fully saturated rings. The van der Waals surface area contributed by atoms with Crippen LogP contribution in [-0.4, -0.2) is 11.9 Å². The molecule has 3 rings (SSSR count). The van der Waals surface area contributed by atoms with Gasteiger partial charge in [0.25, 0.3) is 0 Å². The Morgan fingerprint density at radius 2 is 1.35 bits per heavy atom. The zero-order valence-electron chi connectivity index (χ0n) is 13.8.